The predicted octanol–water partition coefficient (Wildman–Crippen LogP) is 0.698. The number of nitrogens with zero attached hydrogens (tertiary/aromatic N) is 2. The van der Waals surface area contributed by atoms with Gasteiger partial charge in [0.2, 0.25) is 0 Å². The first kappa shape index (κ1) is 15.7. The summed E-state index contributed by atoms with van der Waals surface area (Å²) < 4.78 is 5.03. The van der Waals surface area contributed by atoms with Crippen molar-refractivity contribution in [2.75, 3.05) is 47.4 Å². The van der Waals surface area contributed by atoms with E-state index in [2.05, 4.69) is 22.2 Å². The Kier molecular flexibility index (Phi) is 5.41. The van der Waals surface area contributed by atoms with Gasteiger partial charge in [0, 0.05) is 19.1 Å². The zero-order valence-electron chi connectivity index (χ0n) is 13.2. The van der Waals surface area contributed by atoms with Gasteiger partial charge in [-0.3, -0.25) is 9.69 Å². The molecule has 116 valence electrons. The minimum atomic E-state index is -0.476. The maximum atomic E-state index is 12.2. The number of carbonyl (C=O) groups excluding carboxylic acids is 1. The van der Waals surface area contributed by atoms with E-state index >= 15 is 0 Å². The van der Waals surface area contributed by atoms with E-state index in [-0.39, 0.29) is 5.97 Å². The molecule has 5 heteroatoms. The number of rotatable bonds is 3. The van der Waals surface area contributed by atoms with Gasteiger partial charge < -0.3 is 15.0 Å². The molecule has 0 radical (unpaired) electrons. The molecule has 2 unspecified atom stereocenters. The van der Waals surface area contributed by atoms with Gasteiger partial charge in [0.15, 0.2) is 0 Å². The van der Waals surface area contributed by atoms with Crippen molar-refractivity contribution < 1.29 is 9.53 Å². The average molecular weight is 283 g/mol. The van der Waals surface area contributed by atoms with Crippen molar-refractivity contribution in [1.82, 2.24) is 15.1 Å². The van der Waals surface area contributed by atoms with Crippen LogP contribution in [0.15, 0.2) is 0 Å². The van der Waals surface area contributed by atoms with Gasteiger partial charge in [0.1, 0.15) is 5.54 Å². The molecule has 2 fully saturated rings. The second-order valence-electron chi connectivity index (χ2n) is 6.27. The summed E-state index contributed by atoms with van der Waals surface area (Å²) in [5, 5.41) is 3.25. The first-order chi connectivity index (χ1) is 9.61. The summed E-state index contributed by atoms with van der Waals surface area (Å²) in [4.78, 5) is 17.1. The molecule has 0 amide bonds. The van der Waals surface area contributed by atoms with Crippen LogP contribution in [0.25, 0.3) is 0 Å². The van der Waals surface area contributed by atoms with Crippen LogP contribution in [0.3, 0.4) is 0 Å². The second-order valence-corrected chi connectivity index (χ2v) is 6.27. The third-order valence-corrected chi connectivity index (χ3v) is 5.05. The zero-order chi connectivity index (χ0) is 14.6. The highest BCUT2D eigenvalue weighted by Crippen LogP contribution is 2.32. The Hall–Kier alpha value is -0.650. The molecule has 0 bridgehead atoms. The van der Waals surface area contributed by atoms with Crippen LogP contribution in [-0.4, -0.2) is 74.7 Å². The van der Waals surface area contributed by atoms with Crippen LogP contribution in [0.2, 0.25) is 0 Å². The molecular formula is C15H29N3O2. The van der Waals surface area contributed by atoms with Gasteiger partial charge in [-0.25, -0.2) is 0 Å². The van der Waals surface area contributed by atoms with Crippen molar-refractivity contribution in [2.45, 2.75) is 43.7 Å². The molecule has 1 heterocycles. The van der Waals surface area contributed by atoms with Crippen LogP contribution in [0.1, 0.15) is 32.1 Å². The molecule has 1 aliphatic carbocycles. The van der Waals surface area contributed by atoms with E-state index in [1.54, 1.807) is 0 Å². The SMILES string of the molecule is CNC1(C(=O)OC)CCCC(N2CCCN(C)CC2)C1. The minimum Gasteiger partial charge on any atom is -0.468 e. The molecular weight excluding hydrogens is 254 g/mol. The number of ether oxygens (including phenoxy) is 1. The fourth-order valence-electron chi connectivity index (χ4n) is 3.70. The van der Waals surface area contributed by atoms with Crippen molar-refractivity contribution in [3.05, 3.63) is 0 Å². The number of hydrogen-bond acceptors (Lipinski definition) is 5. The number of hydrogen-bond donors (Lipinski definition) is 1. The Morgan fingerprint density at radius 3 is 2.75 bits per heavy atom. The predicted molar refractivity (Wildman–Crippen MR) is 79.7 cm³/mol. The lowest BCUT2D eigenvalue weighted by Crippen LogP contribution is -2.57. The molecule has 0 aromatic rings. The molecule has 1 saturated heterocycles. The first-order valence-electron chi connectivity index (χ1n) is 7.81. The molecule has 0 aromatic carbocycles. The second kappa shape index (κ2) is 6.87. The monoisotopic (exact) mass is 283 g/mol. The van der Waals surface area contributed by atoms with Crippen molar-refractivity contribution in [3.63, 3.8) is 0 Å². The van der Waals surface area contributed by atoms with E-state index in [1.165, 1.54) is 26.5 Å². The fraction of sp³-hybridized carbons (Fsp3) is 0.933. The molecule has 1 aliphatic heterocycles. The van der Waals surface area contributed by atoms with Crippen LogP contribution >= 0.6 is 0 Å². The maximum Gasteiger partial charge on any atom is 0.326 e. The van der Waals surface area contributed by atoms with E-state index in [4.69, 9.17) is 4.74 Å². The average Bonchev–Trinajstić information content (AvgIpc) is 2.71. The van der Waals surface area contributed by atoms with Crippen molar-refractivity contribution in [3.8, 4) is 0 Å². The summed E-state index contributed by atoms with van der Waals surface area (Å²) in [6.07, 6.45) is 5.27. The highest BCUT2D eigenvalue weighted by Gasteiger charge is 2.44. The Labute approximate surface area is 122 Å². The number of nitrogens with one attached hydrogen (secondary N) is 1. The molecule has 5 nitrogen and oxygen atoms in total. The summed E-state index contributed by atoms with van der Waals surface area (Å²) in [5.74, 6) is -0.100. The zero-order valence-corrected chi connectivity index (χ0v) is 13.2. The summed E-state index contributed by atoms with van der Waals surface area (Å²) >= 11 is 0. The van der Waals surface area contributed by atoms with Crippen LogP contribution in [0, 0.1) is 0 Å². The number of likely N-dealkylation sites (N-methyl/N-ethyl adjacent to an activating group) is 2. The van der Waals surface area contributed by atoms with Crippen molar-refractivity contribution in [1.29, 1.82) is 0 Å². The van der Waals surface area contributed by atoms with E-state index in [1.807, 2.05) is 7.05 Å². The highest BCUT2D eigenvalue weighted by molar-refractivity contribution is 5.81. The van der Waals surface area contributed by atoms with Crippen LogP contribution in [-0.2, 0) is 9.53 Å². The van der Waals surface area contributed by atoms with Crippen molar-refractivity contribution >= 4 is 5.97 Å². The lowest BCUT2D eigenvalue weighted by molar-refractivity contribution is -0.151. The molecule has 2 rings (SSSR count). The summed E-state index contributed by atoms with van der Waals surface area (Å²) in [6.45, 7) is 4.57. The smallest absolute Gasteiger partial charge is 0.326 e. The van der Waals surface area contributed by atoms with Gasteiger partial charge in [0.05, 0.1) is 7.11 Å². The Bertz CT molecular complexity index is 337. The van der Waals surface area contributed by atoms with Gasteiger partial charge >= 0.3 is 5.97 Å². The maximum absolute atomic E-state index is 12.2. The van der Waals surface area contributed by atoms with Crippen molar-refractivity contribution in [2.24, 2.45) is 0 Å². The highest BCUT2D eigenvalue weighted by atomic mass is 16.5. The van der Waals surface area contributed by atoms with Gasteiger partial charge in [-0.15, -0.1) is 0 Å². The Morgan fingerprint density at radius 2 is 2.05 bits per heavy atom. The van der Waals surface area contributed by atoms with Gasteiger partial charge in [0.25, 0.3) is 0 Å². The number of carbonyl (C=O) groups is 1. The molecule has 1 N–H and O–H groups in total. The standard InChI is InChI=1S/C15H29N3O2/c1-16-15(14(19)20-3)7-4-6-13(12-15)18-9-5-8-17(2)10-11-18/h13,16H,4-12H2,1-3H3. The van der Waals surface area contributed by atoms with E-state index in [0.29, 0.717) is 6.04 Å². The normalized spacial score (nSPS) is 33.6. The fourth-order valence-corrected chi connectivity index (χ4v) is 3.70. The summed E-state index contributed by atoms with van der Waals surface area (Å²) in [7, 11) is 5.57. The van der Waals surface area contributed by atoms with Crippen LogP contribution < -0.4 is 5.32 Å². The van der Waals surface area contributed by atoms with Crippen LogP contribution in [0.5, 0.6) is 0 Å². The third-order valence-electron chi connectivity index (χ3n) is 5.05. The lowest BCUT2D eigenvalue weighted by Gasteiger charge is -2.42. The topological polar surface area (TPSA) is 44.8 Å². The van der Waals surface area contributed by atoms with Crippen LogP contribution in [0.4, 0.5) is 0 Å². The minimum absolute atomic E-state index is 0.100. The Balaban J connectivity index is 2.03. The quantitative estimate of drug-likeness (QED) is 0.773. The molecule has 20 heavy (non-hydrogen) atoms. The number of esters is 1. The molecule has 2 atom stereocenters. The summed E-state index contributed by atoms with van der Waals surface area (Å²) in [6, 6.07) is 0.502. The largest absolute Gasteiger partial charge is 0.468 e. The Morgan fingerprint density at radius 1 is 1.25 bits per heavy atom. The molecule has 2 aliphatic rings. The van der Waals surface area contributed by atoms with Gasteiger partial charge in [-0.05, 0) is 59.3 Å². The molecule has 1 saturated carbocycles. The van der Waals surface area contributed by atoms with Gasteiger partial charge in [-0.1, -0.05) is 0 Å². The van der Waals surface area contributed by atoms with E-state index in [9.17, 15) is 4.79 Å². The first-order valence-corrected chi connectivity index (χ1v) is 7.81. The summed E-state index contributed by atoms with van der Waals surface area (Å²) in [5.41, 5.74) is -0.476. The number of methoxy groups -OCH3 is 1. The van der Waals surface area contributed by atoms with E-state index < -0.39 is 5.54 Å². The molecule has 0 aromatic heterocycles. The van der Waals surface area contributed by atoms with Gasteiger partial charge in [-0.2, -0.15) is 0 Å². The molecule has 0 spiro atoms. The lowest BCUT2D eigenvalue weighted by atomic mass is 9.78. The third kappa shape index (κ3) is 3.32. The van der Waals surface area contributed by atoms with E-state index in [0.717, 1.165) is 38.9 Å².